The van der Waals surface area contributed by atoms with Gasteiger partial charge in [0.15, 0.2) is 5.78 Å². The number of ether oxygens (including phenoxy) is 1. The van der Waals surface area contributed by atoms with Crippen LogP contribution in [0.15, 0.2) is 58.0 Å². The van der Waals surface area contributed by atoms with E-state index in [1.54, 1.807) is 12.1 Å². The summed E-state index contributed by atoms with van der Waals surface area (Å²) in [4.78, 5) is 38.9. The van der Waals surface area contributed by atoms with Gasteiger partial charge < -0.3 is 9.15 Å². The zero-order chi connectivity index (χ0) is 16.4. The van der Waals surface area contributed by atoms with Crippen LogP contribution in [0.25, 0.3) is 11.0 Å². The number of benzene rings is 1. The molecule has 0 unspecified atom stereocenters. The fourth-order valence-electron chi connectivity index (χ4n) is 2.05. The van der Waals surface area contributed by atoms with Gasteiger partial charge in [-0.2, -0.15) is 0 Å². The smallest absolute Gasteiger partial charge is 0.347 e. The number of carbonyl (C=O) groups excluding carboxylic acids is 2. The molecule has 0 bridgehead atoms. The molecule has 0 saturated heterocycles. The Morgan fingerprint density at radius 2 is 1.83 bits per heavy atom. The molecule has 0 N–H and O–H groups in total. The Bertz CT molecular complexity index is 960. The van der Waals surface area contributed by atoms with Crippen molar-refractivity contribution in [3.05, 3.63) is 70.3 Å². The Balaban J connectivity index is 1.94. The third kappa shape index (κ3) is 3.01. The molecule has 0 fully saturated rings. The summed E-state index contributed by atoms with van der Waals surface area (Å²) in [5.41, 5.74) is -0.143. The Morgan fingerprint density at radius 3 is 2.52 bits per heavy atom. The molecule has 0 amide bonds. The molecule has 6 nitrogen and oxygen atoms in total. The van der Waals surface area contributed by atoms with Gasteiger partial charge in [-0.25, -0.2) is 9.59 Å². The van der Waals surface area contributed by atoms with E-state index in [1.165, 1.54) is 43.6 Å². The summed E-state index contributed by atoms with van der Waals surface area (Å²) in [5, 5.41) is 0.568. The van der Waals surface area contributed by atoms with Crippen LogP contribution in [0.5, 0.6) is 5.75 Å². The number of esters is 1. The van der Waals surface area contributed by atoms with Gasteiger partial charge in [0, 0.05) is 23.8 Å². The van der Waals surface area contributed by atoms with Crippen LogP contribution in [0.1, 0.15) is 27.6 Å². The van der Waals surface area contributed by atoms with Crippen LogP contribution in [0.2, 0.25) is 0 Å². The summed E-state index contributed by atoms with van der Waals surface area (Å²) in [5.74, 6) is -0.679. The molecule has 3 aromatic rings. The van der Waals surface area contributed by atoms with Crippen molar-refractivity contribution >= 4 is 22.7 Å². The van der Waals surface area contributed by atoms with Crippen LogP contribution >= 0.6 is 0 Å². The van der Waals surface area contributed by atoms with E-state index in [-0.39, 0.29) is 22.7 Å². The molecule has 0 radical (unpaired) electrons. The molecule has 2 aromatic heterocycles. The number of hydrogen-bond acceptors (Lipinski definition) is 6. The molecular weight excluding hydrogens is 298 g/mol. The SMILES string of the molecule is CC(=O)c1cc2ccc(OC(=O)c3ccncc3)cc2oc1=O. The minimum absolute atomic E-state index is 0.0148. The van der Waals surface area contributed by atoms with Crippen LogP contribution in [0, 0.1) is 0 Å². The van der Waals surface area contributed by atoms with Gasteiger partial charge in [0.1, 0.15) is 16.9 Å². The number of Topliss-reactive ketones (excluding diaryl/α,β-unsaturated/α-hetero) is 1. The molecule has 0 aliphatic rings. The number of fused-ring (bicyclic) bond motifs is 1. The second-order valence-electron chi connectivity index (χ2n) is 4.83. The Kier molecular flexibility index (Phi) is 3.72. The van der Waals surface area contributed by atoms with Crippen LogP contribution in [0.3, 0.4) is 0 Å². The molecule has 114 valence electrons. The minimum Gasteiger partial charge on any atom is -0.423 e. The van der Waals surface area contributed by atoms with Crippen LogP contribution < -0.4 is 10.4 Å². The van der Waals surface area contributed by atoms with Gasteiger partial charge >= 0.3 is 11.6 Å². The van der Waals surface area contributed by atoms with E-state index in [0.29, 0.717) is 10.9 Å². The molecule has 0 atom stereocenters. The maximum atomic E-state index is 12.0. The highest BCUT2D eigenvalue weighted by Crippen LogP contribution is 2.21. The van der Waals surface area contributed by atoms with Crippen LogP contribution in [-0.2, 0) is 0 Å². The van der Waals surface area contributed by atoms with E-state index in [1.807, 2.05) is 0 Å². The van der Waals surface area contributed by atoms with Crippen LogP contribution in [0.4, 0.5) is 0 Å². The third-order valence-corrected chi connectivity index (χ3v) is 3.21. The quantitative estimate of drug-likeness (QED) is 0.320. The van der Waals surface area contributed by atoms with E-state index >= 15 is 0 Å². The summed E-state index contributed by atoms with van der Waals surface area (Å²) < 4.78 is 10.3. The third-order valence-electron chi connectivity index (χ3n) is 3.21. The molecule has 3 rings (SSSR count). The minimum atomic E-state index is -0.720. The van der Waals surface area contributed by atoms with Crippen molar-refractivity contribution in [3.8, 4) is 5.75 Å². The monoisotopic (exact) mass is 309 g/mol. The molecule has 0 saturated carbocycles. The fraction of sp³-hybridized carbons (Fsp3) is 0.0588. The van der Waals surface area contributed by atoms with E-state index in [4.69, 9.17) is 9.15 Å². The van der Waals surface area contributed by atoms with Gasteiger partial charge in [-0.05, 0) is 37.3 Å². The van der Waals surface area contributed by atoms with E-state index < -0.39 is 11.6 Å². The van der Waals surface area contributed by atoms with Crippen molar-refractivity contribution in [1.82, 2.24) is 4.98 Å². The van der Waals surface area contributed by atoms with Crippen LogP contribution in [-0.4, -0.2) is 16.7 Å². The Hall–Kier alpha value is -3.28. The standard InChI is InChI=1S/C17H11NO5/c1-10(19)14-8-12-2-3-13(9-15(12)23-17(14)21)22-16(20)11-4-6-18-7-5-11/h2-9H,1H3. The lowest BCUT2D eigenvalue weighted by molar-refractivity contribution is 0.0734. The summed E-state index contributed by atoms with van der Waals surface area (Å²) >= 11 is 0. The maximum Gasteiger partial charge on any atom is 0.347 e. The van der Waals surface area contributed by atoms with Gasteiger partial charge in [-0.3, -0.25) is 9.78 Å². The number of carbonyl (C=O) groups is 2. The van der Waals surface area contributed by atoms with Gasteiger partial charge in [-0.15, -0.1) is 0 Å². The van der Waals surface area contributed by atoms with E-state index in [0.717, 1.165) is 0 Å². The van der Waals surface area contributed by atoms with Gasteiger partial charge in [0.25, 0.3) is 0 Å². The van der Waals surface area contributed by atoms with E-state index in [9.17, 15) is 14.4 Å². The highest BCUT2D eigenvalue weighted by Gasteiger charge is 2.12. The van der Waals surface area contributed by atoms with Gasteiger partial charge in [0.2, 0.25) is 0 Å². The predicted octanol–water partition coefficient (Wildman–Crippen LogP) is 2.61. The number of rotatable bonds is 3. The van der Waals surface area contributed by atoms with Gasteiger partial charge in [-0.1, -0.05) is 0 Å². The van der Waals surface area contributed by atoms with Crippen molar-refractivity contribution in [3.63, 3.8) is 0 Å². The zero-order valence-corrected chi connectivity index (χ0v) is 12.1. The largest absolute Gasteiger partial charge is 0.423 e. The van der Waals surface area contributed by atoms with Gasteiger partial charge in [0.05, 0.1) is 5.56 Å². The molecule has 23 heavy (non-hydrogen) atoms. The normalized spacial score (nSPS) is 10.5. The van der Waals surface area contributed by atoms with Crippen molar-refractivity contribution in [1.29, 1.82) is 0 Å². The van der Waals surface area contributed by atoms with Crippen molar-refractivity contribution in [2.45, 2.75) is 6.92 Å². The molecule has 1 aromatic carbocycles. The first-order valence-electron chi connectivity index (χ1n) is 6.75. The molecule has 0 aliphatic carbocycles. The first kappa shape index (κ1) is 14.6. The number of aromatic nitrogens is 1. The fourth-order valence-corrected chi connectivity index (χ4v) is 2.05. The van der Waals surface area contributed by atoms with E-state index in [2.05, 4.69) is 4.98 Å². The highest BCUT2D eigenvalue weighted by atomic mass is 16.5. The number of nitrogens with zero attached hydrogens (tertiary/aromatic N) is 1. The zero-order valence-electron chi connectivity index (χ0n) is 12.1. The second-order valence-corrected chi connectivity index (χ2v) is 4.83. The number of pyridine rings is 1. The van der Waals surface area contributed by atoms with Crippen molar-refractivity contribution in [2.75, 3.05) is 0 Å². The Morgan fingerprint density at radius 1 is 1.09 bits per heavy atom. The number of hydrogen-bond donors (Lipinski definition) is 0. The van der Waals surface area contributed by atoms with Crippen molar-refractivity contribution in [2.24, 2.45) is 0 Å². The molecule has 6 heteroatoms. The average Bonchev–Trinajstić information content (AvgIpc) is 2.54. The summed E-state index contributed by atoms with van der Waals surface area (Å²) in [7, 11) is 0. The second kappa shape index (κ2) is 5.84. The predicted molar refractivity (Wildman–Crippen MR) is 81.7 cm³/mol. The lowest BCUT2D eigenvalue weighted by atomic mass is 10.1. The average molecular weight is 309 g/mol. The molecule has 0 aliphatic heterocycles. The molecular formula is C17H11NO5. The lowest BCUT2D eigenvalue weighted by Gasteiger charge is -2.05. The van der Waals surface area contributed by atoms with Crippen molar-refractivity contribution < 1.29 is 18.7 Å². The summed E-state index contributed by atoms with van der Waals surface area (Å²) in [6, 6.07) is 9.12. The summed E-state index contributed by atoms with van der Waals surface area (Å²) in [6.07, 6.45) is 2.97. The number of ketones is 1. The first-order valence-corrected chi connectivity index (χ1v) is 6.75. The summed E-state index contributed by atoms with van der Waals surface area (Å²) in [6.45, 7) is 1.29. The Labute approximate surface area is 130 Å². The maximum absolute atomic E-state index is 12.0. The topological polar surface area (TPSA) is 86.5 Å². The lowest BCUT2D eigenvalue weighted by Crippen LogP contribution is -2.11. The highest BCUT2D eigenvalue weighted by molar-refractivity contribution is 5.97. The molecule has 2 heterocycles. The molecule has 0 spiro atoms. The first-order chi connectivity index (χ1) is 11.0.